The molecule has 1 aromatic carbocycles. The number of hydrogen-bond acceptors (Lipinski definition) is 2. The van der Waals surface area contributed by atoms with Gasteiger partial charge in [-0.2, -0.15) is 13.2 Å². The molecule has 0 heterocycles. The topological polar surface area (TPSA) is 55.1 Å². The summed E-state index contributed by atoms with van der Waals surface area (Å²) >= 11 is 0. The number of nitrogens with one attached hydrogen (secondary N) is 1. The zero-order valence-corrected chi connectivity index (χ0v) is 10.6. The van der Waals surface area contributed by atoms with E-state index in [2.05, 4.69) is 5.32 Å². The number of carbonyl (C=O) groups is 1. The van der Waals surface area contributed by atoms with Crippen LogP contribution < -0.4 is 11.1 Å². The molecule has 1 atom stereocenters. The lowest BCUT2D eigenvalue weighted by Crippen LogP contribution is -2.36. The van der Waals surface area contributed by atoms with Gasteiger partial charge in [-0.3, -0.25) is 4.79 Å². The van der Waals surface area contributed by atoms with E-state index in [0.29, 0.717) is 12.1 Å². The molecule has 0 bridgehead atoms. The molecule has 1 aromatic rings. The molecular formula is C13H17F3N2O. The van der Waals surface area contributed by atoms with Crippen LogP contribution in [0.2, 0.25) is 0 Å². The van der Waals surface area contributed by atoms with E-state index in [0.717, 1.165) is 12.1 Å². The normalized spacial score (nSPS) is 13.1. The van der Waals surface area contributed by atoms with E-state index in [-0.39, 0.29) is 18.9 Å². The number of hydrogen-bond donors (Lipinski definition) is 2. The van der Waals surface area contributed by atoms with Crippen molar-refractivity contribution in [3.63, 3.8) is 0 Å². The van der Waals surface area contributed by atoms with Gasteiger partial charge in [0.05, 0.1) is 11.5 Å². The summed E-state index contributed by atoms with van der Waals surface area (Å²) in [5, 5.41) is 2.62. The summed E-state index contributed by atoms with van der Waals surface area (Å²) in [6.45, 7) is 2.34. The van der Waals surface area contributed by atoms with Crippen molar-refractivity contribution in [3.8, 4) is 0 Å². The van der Waals surface area contributed by atoms with Gasteiger partial charge >= 0.3 is 6.18 Å². The summed E-state index contributed by atoms with van der Waals surface area (Å²) in [7, 11) is 0. The minimum Gasteiger partial charge on any atom is -0.356 e. The summed E-state index contributed by atoms with van der Waals surface area (Å²) in [6.07, 6.45) is -4.17. The van der Waals surface area contributed by atoms with Crippen molar-refractivity contribution in [2.75, 3.05) is 13.1 Å². The molecule has 3 nitrogen and oxygen atoms in total. The highest BCUT2D eigenvalue weighted by Crippen LogP contribution is 2.29. The first kappa shape index (κ1) is 15.5. The molecular weight excluding hydrogens is 257 g/mol. The summed E-state index contributed by atoms with van der Waals surface area (Å²) in [5.41, 5.74) is 5.24. The summed E-state index contributed by atoms with van der Waals surface area (Å²) < 4.78 is 37.7. The van der Waals surface area contributed by atoms with Crippen LogP contribution in [0.25, 0.3) is 0 Å². The Morgan fingerprint density at radius 3 is 2.63 bits per heavy atom. The number of rotatable bonds is 5. The molecule has 6 heteroatoms. The summed E-state index contributed by atoms with van der Waals surface area (Å²) in [4.78, 5) is 11.6. The van der Waals surface area contributed by atoms with Crippen LogP contribution in [0.15, 0.2) is 24.3 Å². The minimum atomic E-state index is -4.38. The predicted octanol–water partition coefficient (Wildman–Crippen LogP) is 1.96. The number of halogens is 3. The van der Waals surface area contributed by atoms with Gasteiger partial charge in [-0.15, -0.1) is 0 Å². The van der Waals surface area contributed by atoms with Gasteiger partial charge in [-0.25, -0.2) is 0 Å². The Kier molecular flexibility index (Phi) is 5.35. The van der Waals surface area contributed by atoms with Crippen LogP contribution in [-0.4, -0.2) is 19.0 Å². The quantitative estimate of drug-likeness (QED) is 0.862. The van der Waals surface area contributed by atoms with Crippen molar-refractivity contribution in [2.24, 2.45) is 11.7 Å². The van der Waals surface area contributed by atoms with Gasteiger partial charge in [-0.05, 0) is 25.0 Å². The van der Waals surface area contributed by atoms with Crippen molar-refractivity contribution < 1.29 is 18.0 Å². The van der Waals surface area contributed by atoms with Crippen molar-refractivity contribution >= 4 is 5.91 Å². The lowest BCUT2D eigenvalue weighted by atomic mass is 9.97. The number of benzene rings is 1. The van der Waals surface area contributed by atoms with Gasteiger partial charge in [0.25, 0.3) is 0 Å². The predicted molar refractivity (Wildman–Crippen MR) is 66.4 cm³/mol. The standard InChI is InChI=1S/C13H17F3N2O/c1-2-18-12(19)10(8-17)6-9-4-3-5-11(7-9)13(14,15)16/h3-5,7,10H,2,6,8,17H2,1H3,(H,18,19). The maximum atomic E-state index is 12.6. The van der Waals surface area contributed by atoms with Crippen molar-refractivity contribution in [3.05, 3.63) is 35.4 Å². The fourth-order valence-corrected chi connectivity index (χ4v) is 1.76. The molecule has 0 aliphatic carbocycles. The van der Waals surface area contributed by atoms with Gasteiger partial charge in [0.1, 0.15) is 0 Å². The van der Waals surface area contributed by atoms with Crippen molar-refractivity contribution in [1.29, 1.82) is 0 Å². The Labute approximate surface area is 110 Å². The summed E-state index contributed by atoms with van der Waals surface area (Å²) in [6, 6.07) is 4.97. The minimum absolute atomic E-state index is 0.0993. The first-order valence-corrected chi connectivity index (χ1v) is 6.02. The van der Waals surface area contributed by atoms with E-state index in [9.17, 15) is 18.0 Å². The van der Waals surface area contributed by atoms with Crippen LogP contribution in [0.5, 0.6) is 0 Å². The molecule has 0 aromatic heterocycles. The smallest absolute Gasteiger partial charge is 0.356 e. The molecule has 0 saturated carbocycles. The van der Waals surface area contributed by atoms with Crippen LogP contribution in [0.1, 0.15) is 18.1 Å². The van der Waals surface area contributed by atoms with Crippen LogP contribution in [-0.2, 0) is 17.4 Å². The van der Waals surface area contributed by atoms with E-state index < -0.39 is 17.7 Å². The molecule has 3 N–H and O–H groups in total. The third kappa shape index (κ3) is 4.55. The lowest BCUT2D eigenvalue weighted by Gasteiger charge is -2.15. The summed E-state index contributed by atoms with van der Waals surface area (Å²) in [5.74, 6) is -0.745. The third-order valence-corrected chi connectivity index (χ3v) is 2.74. The van der Waals surface area contributed by atoms with E-state index >= 15 is 0 Å². The van der Waals surface area contributed by atoms with Crippen LogP contribution in [0, 0.1) is 5.92 Å². The Balaban J connectivity index is 2.83. The SMILES string of the molecule is CCNC(=O)C(CN)Cc1cccc(C(F)(F)F)c1. The van der Waals surface area contributed by atoms with Gasteiger partial charge in [0.15, 0.2) is 0 Å². The molecule has 1 unspecified atom stereocenters. The van der Waals surface area contributed by atoms with Crippen molar-refractivity contribution in [2.45, 2.75) is 19.5 Å². The molecule has 0 fully saturated rings. The fourth-order valence-electron chi connectivity index (χ4n) is 1.76. The average molecular weight is 274 g/mol. The molecule has 0 radical (unpaired) electrons. The van der Waals surface area contributed by atoms with Gasteiger partial charge in [0.2, 0.25) is 5.91 Å². The number of amides is 1. The maximum Gasteiger partial charge on any atom is 0.416 e. The molecule has 106 valence electrons. The Hall–Kier alpha value is -1.56. The van der Waals surface area contributed by atoms with E-state index in [1.807, 2.05) is 0 Å². The van der Waals surface area contributed by atoms with Gasteiger partial charge in [0, 0.05) is 13.1 Å². The highest BCUT2D eigenvalue weighted by atomic mass is 19.4. The largest absolute Gasteiger partial charge is 0.416 e. The molecule has 1 rings (SSSR count). The number of carbonyl (C=O) groups excluding carboxylic acids is 1. The number of nitrogens with two attached hydrogens (primary N) is 1. The van der Waals surface area contributed by atoms with Crippen LogP contribution in [0.4, 0.5) is 13.2 Å². The molecule has 0 aliphatic rings. The van der Waals surface area contributed by atoms with Crippen LogP contribution >= 0.6 is 0 Å². The fraction of sp³-hybridized carbons (Fsp3) is 0.462. The number of alkyl halides is 3. The van der Waals surface area contributed by atoms with Crippen molar-refractivity contribution in [1.82, 2.24) is 5.32 Å². The second-order valence-electron chi connectivity index (χ2n) is 4.23. The first-order chi connectivity index (χ1) is 8.88. The molecule has 0 spiro atoms. The second-order valence-corrected chi connectivity index (χ2v) is 4.23. The molecule has 19 heavy (non-hydrogen) atoms. The highest BCUT2D eigenvalue weighted by molar-refractivity contribution is 5.79. The zero-order valence-electron chi connectivity index (χ0n) is 10.6. The Morgan fingerprint density at radius 2 is 2.11 bits per heavy atom. The maximum absolute atomic E-state index is 12.6. The Bertz CT molecular complexity index is 432. The van der Waals surface area contributed by atoms with Gasteiger partial charge in [-0.1, -0.05) is 18.2 Å². The highest BCUT2D eigenvalue weighted by Gasteiger charge is 2.30. The molecule has 1 amide bonds. The Morgan fingerprint density at radius 1 is 1.42 bits per heavy atom. The average Bonchev–Trinajstić information content (AvgIpc) is 2.35. The zero-order chi connectivity index (χ0) is 14.5. The third-order valence-electron chi connectivity index (χ3n) is 2.74. The van der Waals surface area contributed by atoms with Gasteiger partial charge < -0.3 is 11.1 Å². The van der Waals surface area contributed by atoms with E-state index in [1.54, 1.807) is 13.0 Å². The monoisotopic (exact) mass is 274 g/mol. The molecule has 0 saturated heterocycles. The first-order valence-electron chi connectivity index (χ1n) is 6.02. The van der Waals surface area contributed by atoms with Crippen LogP contribution in [0.3, 0.4) is 0 Å². The van der Waals surface area contributed by atoms with E-state index in [4.69, 9.17) is 5.73 Å². The lowest BCUT2D eigenvalue weighted by molar-refractivity contribution is -0.137. The molecule has 0 aliphatic heterocycles. The van der Waals surface area contributed by atoms with E-state index in [1.165, 1.54) is 6.07 Å². The second kappa shape index (κ2) is 6.56.